The highest BCUT2D eigenvalue weighted by Gasteiger charge is 2.26. The smallest absolute Gasteiger partial charge is 0.236 e. The maximum Gasteiger partial charge on any atom is 0.236 e. The lowest BCUT2D eigenvalue weighted by Gasteiger charge is -2.33. The number of aryl methyl sites for hydroxylation is 1. The van der Waals surface area contributed by atoms with E-state index >= 15 is 0 Å². The summed E-state index contributed by atoms with van der Waals surface area (Å²) >= 11 is 0. The van der Waals surface area contributed by atoms with Gasteiger partial charge in [-0.1, -0.05) is 26.0 Å². The summed E-state index contributed by atoms with van der Waals surface area (Å²) in [6, 6.07) is 8.71. The summed E-state index contributed by atoms with van der Waals surface area (Å²) in [5.74, 6) is 1.60. The van der Waals surface area contributed by atoms with Gasteiger partial charge in [0.25, 0.3) is 0 Å². The third kappa shape index (κ3) is 4.90. The van der Waals surface area contributed by atoms with Crippen molar-refractivity contribution in [3.8, 4) is 28.3 Å². The normalized spacial score (nSPS) is 14.7. The molecule has 1 saturated heterocycles. The number of amides is 1. The van der Waals surface area contributed by atoms with Crippen molar-refractivity contribution in [1.82, 2.24) is 34.6 Å². The number of aromatic amines is 1. The van der Waals surface area contributed by atoms with Crippen LogP contribution < -0.4 is 4.74 Å². The maximum atomic E-state index is 12.5. The molecule has 9 nitrogen and oxygen atoms in total. The number of likely N-dealkylation sites (tertiary alicyclic amines) is 1. The van der Waals surface area contributed by atoms with E-state index in [0.717, 1.165) is 54.0 Å². The quantitative estimate of drug-likeness (QED) is 0.390. The Hall–Kier alpha value is -3.72. The van der Waals surface area contributed by atoms with E-state index in [1.54, 1.807) is 11.6 Å². The Morgan fingerprint density at radius 2 is 1.95 bits per heavy atom. The van der Waals surface area contributed by atoms with E-state index in [1.807, 2.05) is 36.2 Å². The zero-order valence-corrected chi connectivity index (χ0v) is 23.2. The molecule has 200 valence electrons. The van der Waals surface area contributed by atoms with Crippen molar-refractivity contribution >= 4 is 11.6 Å². The predicted octanol–water partition coefficient (Wildman–Crippen LogP) is 4.49. The van der Waals surface area contributed by atoms with Crippen molar-refractivity contribution < 1.29 is 9.53 Å². The predicted molar refractivity (Wildman–Crippen MR) is 148 cm³/mol. The van der Waals surface area contributed by atoms with E-state index in [0.29, 0.717) is 23.9 Å². The van der Waals surface area contributed by atoms with Crippen molar-refractivity contribution in [2.24, 2.45) is 0 Å². The van der Waals surface area contributed by atoms with Crippen LogP contribution in [0.5, 0.6) is 5.75 Å². The second-order valence-corrected chi connectivity index (χ2v) is 10.8. The number of carbonyl (C=O) groups excluding carboxylic acids is 1. The lowest BCUT2D eigenvalue weighted by atomic mass is 9.85. The number of nitrogens with one attached hydrogen (secondary N) is 1. The second kappa shape index (κ2) is 10.6. The van der Waals surface area contributed by atoms with Gasteiger partial charge in [0.15, 0.2) is 11.4 Å². The minimum Gasteiger partial charge on any atom is -0.493 e. The first-order valence-electron chi connectivity index (χ1n) is 13.3. The average molecular weight is 516 g/mol. The van der Waals surface area contributed by atoms with Crippen LogP contribution in [0.2, 0.25) is 0 Å². The topological polar surface area (TPSA) is 91.7 Å². The van der Waals surface area contributed by atoms with Gasteiger partial charge >= 0.3 is 0 Å². The van der Waals surface area contributed by atoms with Gasteiger partial charge in [0.2, 0.25) is 5.91 Å². The minimum absolute atomic E-state index is 0.220. The highest BCUT2D eigenvalue weighted by atomic mass is 16.5. The van der Waals surface area contributed by atoms with Crippen molar-refractivity contribution in [3.05, 3.63) is 53.5 Å². The number of aromatic nitrogens is 5. The molecule has 1 aromatic carbocycles. The monoisotopic (exact) mass is 515 g/mol. The number of likely N-dealkylation sites (N-methyl/N-ethyl adjacent to an activating group) is 1. The first kappa shape index (κ1) is 25.9. The Morgan fingerprint density at radius 3 is 2.61 bits per heavy atom. The number of ether oxygens (including phenoxy) is 1. The number of hydrogen-bond donors (Lipinski definition) is 1. The molecule has 1 N–H and O–H groups in total. The van der Waals surface area contributed by atoms with E-state index in [-0.39, 0.29) is 11.8 Å². The highest BCUT2D eigenvalue weighted by Crippen LogP contribution is 2.38. The number of methoxy groups -OCH3 is 1. The summed E-state index contributed by atoms with van der Waals surface area (Å²) in [5, 5.41) is 12.4. The first-order valence-corrected chi connectivity index (χ1v) is 13.3. The largest absolute Gasteiger partial charge is 0.493 e. The fourth-order valence-electron chi connectivity index (χ4n) is 5.63. The summed E-state index contributed by atoms with van der Waals surface area (Å²) in [5.41, 5.74) is 8.46. The number of piperidine rings is 1. The number of nitrogens with zero attached hydrogens (tertiary/aromatic N) is 6. The Balaban J connectivity index is 1.41. The van der Waals surface area contributed by atoms with Crippen LogP contribution >= 0.6 is 0 Å². The zero-order chi connectivity index (χ0) is 27.0. The molecule has 1 aliphatic rings. The molecule has 0 saturated carbocycles. The molecule has 3 aromatic heterocycles. The molecule has 9 heteroatoms. The van der Waals surface area contributed by atoms with Crippen molar-refractivity contribution in [2.45, 2.75) is 45.4 Å². The Labute approximate surface area is 223 Å². The number of H-pyrrole nitrogens is 1. The Kier molecular flexibility index (Phi) is 7.21. The number of carbonyl (C=O) groups is 1. The fourth-order valence-corrected chi connectivity index (χ4v) is 5.63. The molecule has 4 heterocycles. The van der Waals surface area contributed by atoms with Crippen LogP contribution in [0.1, 0.15) is 55.2 Å². The van der Waals surface area contributed by atoms with Gasteiger partial charge in [-0.05, 0) is 69.0 Å². The van der Waals surface area contributed by atoms with Crippen LogP contribution in [-0.2, 0) is 4.79 Å². The van der Waals surface area contributed by atoms with Crippen molar-refractivity contribution in [2.75, 3.05) is 40.8 Å². The lowest BCUT2D eigenvalue weighted by Crippen LogP contribution is -2.42. The average Bonchev–Trinajstić information content (AvgIpc) is 3.55. The van der Waals surface area contributed by atoms with Gasteiger partial charge in [-0.15, -0.1) is 0 Å². The standard InChI is InChI=1S/C29H37N7O2/c1-18(2)26-27(32-33-28(26)22-14-24(38-6)29-30-17-31-36(29)15-22)21-7-8-23(19(3)13-21)20-9-11-35(12-10-20)25(37)16-34(4)5/h7-8,13-15,17-18,20H,9-12,16H2,1-6H3,(H,32,33). The molecule has 1 amide bonds. The molecule has 0 atom stereocenters. The molecule has 0 radical (unpaired) electrons. The van der Waals surface area contributed by atoms with E-state index in [4.69, 9.17) is 9.84 Å². The number of pyridine rings is 1. The SMILES string of the molecule is COc1cc(-c2n[nH]c(-c3ccc(C4CCN(C(=O)CN(C)C)CC4)c(C)c3)c2C(C)C)cn2ncnc12. The zero-order valence-electron chi connectivity index (χ0n) is 23.2. The second-order valence-electron chi connectivity index (χ2n) is 10.8. The molecule has 4 aromatic rings. The molecular formula is C29H37N7O2. The van der Waals surface area contributed by atoms with Gasteiger partial charge in [-0.2, -0.15) is 10.2 Å². The van der Waals surface area contributed by atoms with E-state index < -0.39 is 0 Å². The van der Waals surface area contributed by atoms with Gasteiger partial charge in [-0.25, -0.2) is 9.50 Å². The maximum absolute atomic E-state index is 12.5. The molecule has 0 bridgehead atoms. The third-order valence-corrected chi connectivity index (χ3v) is 7.51. The van der Waals surface area contributed by atoms with Gasteiger partial charge in [0.05, 0.1) is 25.0 Å². The highest BCUT2D eigenvalue weighted by molar-refractivity contribution is 5.78. The molecule has 0 unspecified atom stereocenters. The molecule has 1 fully saturated rings. The van der Waals surface area contributed by atoms with Crippen LogP contribution in [-0.4, -0.2) is 81.3 Å². The van der Waals surface area contributed by atoms with Gasteiger partial charge in [0.1, 0.15) is 6.33 Å². The summed E-state index contributed by atoms with van der Waals surface area (Å²) in [6.07, 6.45) is 5.46. The molecule has 1 aliphatic heterocycles. The molecule has 5 rings (SSSR count). The van der Waals surface area contributed by atoms with Crippen LogP contribution in [0.4, 0.5) is 0 Å². The number of hydrogen-bond acceptors (Lipinski definition) is 6. The van der Waals surface area contributed by atoms with E-state index in [9.17, 15) is 4.79 Å². The van der Waals surface area contributed by atoms with Crippen LogP contribution in [0, 0.1) is 6.92 Å². The van der Waals surface area contributed by atoms with E-state index in [1.165, 1.54) is 17.5 Å². The van der Waals surface area contributed by atoms with Crippen LogP contribution in [0.3, 0.4) is 0 Å². The van der Waals surface area contributed by atoms with Crippen LogP contribution in [0.25, 0.3) is 28.2 Å². The molecule has 0 aliphatic carbocycles. The summed E-state index contributed by atoms with van der Waals surface area (Å²) < 4.78 is 7.30. The summed E-state index contributed by atoms with van der Waals surface area (Å²) in [6.45, 7) is 8.69. The Morgan fingerprint density at radius 1 is 1.18 bits per heavy atom. The summed E-state index contributed by atoms with van der Waals surface area (Å²) in [4.78, 5) is 20.7. The molecule has 0 spiro atoms. The Bertz CT molecular complexity index is 1440. The summed E-state index contributed by atoms with van der Waals surface area (Å²) in [7, 11) is 5.52. The number of benzene rings is 1. The van der Waals surface area contributed by atoms with E-state index in [2.05, 4.69) is 54.2 Å². The van der Waals surface area contributed by atoms with Crippen molar-refractivity contribution in [3.63, 3.8) is 0 Å². The molecular weight excluding hydrogens is 478 g/mol. The number of rotatable bonds is 7. The van der Waals surface area contributed by atoms with Gasteiger partial charge in [-0.3, -0.25) is 9.89 Å². The number of fused-ring (bicyclic) bond motifs is 1. The molecule has 38 heavy (non-hydrogen) atoms. The van der Waals surface area contributed by atoms with Gasteiger partial charge < -0.3 is 14.5 Å². The first-order chi connectivity index (χ1) is 18.3. The lowest BCUT2D eigenvalue weighted by molar-refractivity contribution is -0.132. The third-order valence-electron chi connectivity index (χ3n) is 7.51. The fraction of sp³-hybridized carbons (Fsp3) is 0.448. The minimum atomic E-state index is 0.220. The van der Waals surface area contributed by atoms with Gasteiger partial charge in [0, 0.05) is 36.0 Å². The van der Waals surface area contributed by atoms with Crippen molar-refractivity contribution in [1.29, 1.82) is 0 Å². The van der Waals surface area contributed by atoms with Crippen LogP contribution in [0.15, 0.2) is 36.8 Å².